The summed E-state index contributed by atoms with van der Waals surface area (Å²) < 4.78 is 28.9. The highest BCUT2D eigenvalue weighted by molar-refractivity contribution is 7.91. The summed E-state index contributed by atoms with van der Waals surface area (Å²) in [7, 11) is -3.03. The van der Waals surface area contributed by atoms with Gasteiger partial charge in [0.2, 0.25) is 0 Å². The van der Waals surface area contributed by atoms with Gasteiger partial charge in [-0.25, -0.2) is 8.42 Å². The third kappa shape index (κ3) is 4.36. The van der Waals surface area contributed by atoms with Crippen molar-refractivity contribution in [2.45, 2.75) is 26.4 Å². The average molecular weight is 346 g/mol. The molecule has 0 spiro atoms. The van der Waals surface area contributed by atoms with Gasteiger partial charge in [0.1, 0.15) is 5.75 Å². The molecule has 1 atom stereocenters. The predicted octanol–water partition coefficient (Wildman–Crippen LogP) is 2.06. The molecule has 0 N–H and O–H groups in total. The van der Waals surface area contributed by atoms with Gasteiger partial charge in [0.25, 0.3) is 5.91 Å². The fourth-order valence-corrected chi connectivity index (χ4v) is 3.90. The summed E-state index contributed by atoms with van der Waals surface area (Å²) in [4.78, 5) is 14.0. The van der Waals surface area contributed by atoms with Crippen molar-refractivity contribution in [3.8, 4) is 5.75 Å². The summed E-state index contributed by atoms with van der Waals surface area (Å²) in [5.74, 6) is 0.576. The summed E-state index contributed by atoms with van der Waals surface area (Å²) in [6.45, 7) is 4.21. The first kappa shape index (κ1) is 17.1. The zero-order chi connectivity index (χ0) is 16.3. The van der Waals surface area contributed by atoms with Crippen LogP contribution in [0.3, 0.4) is 0 Å². The van der Waals surface area contributed by atoms with Crippen molar-refractivity contribution in [2.75, 3.05) is 24.6 Å². The fourth-order valence-electron chi connectivity index (χ4n) is 2.40. The van der Waals surface area contributed by atoms with E-state index in [4.69, 9.17) is 16.3 Å². The third-order valence-corrected chi connectivity index (χ3v) is 5.61. The van der Waals surface area contributed by atoms with Crippen LogP contribution in [0.4, 0.5) is 0 Å². The van der Waals surface area contributed by atoms with Gasteiger partial charge >= 0.3 is 0 Å². The van der Waals surface area contributed by atoms with Crippen molar-refractivity contribution in [1.82, 2.24) is 4.90 Å². The molecule has 22 heavy (non-hydrogen) atoms. The summed E-state index contributed by atoms with van der Waals surface area (Å²) >= 11 is 5.90. The minimum absolute atomic E-state index is 0.0193. The van der Waals surface area contributed by atoms with Crippen LogP contribution in [0.1, 0.15) is 18.9 Å². The molecule has 0 unspecified atom stereocenters. The number of ether oxygens (including phenoxy) is 1. The number of carbonyl (C=O) groups excluding carboxylic acids is 1. The van der Waals surface area contributed by atoms with Gasteiger partial charge in [-0.05, 0) is 44.0 Å². The number of carbonyl (C=O) groups is 1. The Morgan fingerprint density at radius 3 is 2.73 bits per heavy atom. The van der Waals surface area contributed by atoms with E-state index in [-0.39, 0.29) is 24.0 Å². The molecule has 122 valence electrons. The van der Waals surface area contributed by atoms with Gasteiger partial charge in [0, 0.05) is 18.1 Å². The van der Waals surface area contributed by atoms with Gasteiger partial charge in [-0.2, -0.15) is 0 Å². The molecule has 0 aliphatic carbocycles. The molecule has 2 rings (SSSR count). The Morgan fingerprint density at radius 1 is 1.32 bits per heavy atom. The molecule has 0 aromatic heterocycles. The topological polar surface area (TPSA) is 63.7 Å². The van der Waals surface area contributed by atoms with Crippen LogP contribution >= 0.6 is 11.6 Å². The number of benzene rings is 1. The second-order valence-electron chi connectivity index (χ2n) is 5.50. The first-order chi connectivity index (χ1) is 10.3. The van der Waals surface area contributed by atoms with Crippen LogP contribution < -0.4 is 4.74 Å². The van der Waals surface area contributed by atoms with Crippen molar-refractivity contribution < 1.29 is 17.9 Å². The van der Waals surface area contributed by atoms with Gasteiger partial charge < -0.3 is 9.64 Å². The minimum atomic E-state index is -3.03. The highest BCUT2D eigenvalue weighted by Gasteiger charge is 2.26. The quantitative estimate of drug-likeness (QED) is 0.841. The number of amides is 1. The second-order valence-corrected chi connectivity index (χ2v) is 8.24. The molecule has 7 heteroatoms. The zero-order valence-electron chi connectivity index (χ0n) is 12.7. The van der Waals surface area contributed by atoms with Crippen molar-refractivity contribution in [2.24, 2.45) is 0 Å². The van der Waals surface area contributed by atoms with Crippen molar-refractivity contribution in [3.63, 3.8) is 0 Å². The normalized spacial score (nSPS) is 19.3. The van der Waals surface area contributed by atoms with Crippen LogP contribution in [-0.2, 0) is 14.6 Å². The van der Waals surface area contributed by atoms with E-state index in [2.05, 4.69) is 0 Å². The number of halogens is 1. The van der Waals surface area contributed by atoms with Crippen LogP contribution in [0.15, 0.2) is 18.2 Å². The Morgan fingerprint density at radius 2 is 2.05 bits per heavy atom. The van der Waals surface area contributed by atoms with E-state index in [9.17, 15) is 13.2 Å². The molecular weight excluding hydrogens is 326 g/mol. The SMILES string of the molecule is Cc1cc(Cl)ccc1O[C@H](C)C(=O)N1CCCS(=O)(=O)CC1. The number of sulfone groups is 1. The van der Waals surface area contributed by atoms with Gasteiger partial charge in [-0.15, -0.1) is 0 Å². The van der Waals surface area contributed by atoms with E-state index in [0.717, 1.165) is 5.56 Å². The Balaban J connectivity index is 2.02. The molecule has 1 aliphatic heterocycles. The monoisotopic (exact) mass is 345 g/mol. The molecule has 1 aromatic rings. The highest BCUT2D eigenvalue weighted by atomic mass is 35.5. The first-order valence-corrected chi connectivity index (χ1v) is 9.40. The van der Waals surface area contributed by atoms with E-state index in [0.29, 0.717) is 23.7 Å². The minimum Gasteiger partial charge on any atom is -0.481 e. The molecule has 0 bridgehead atoms. The summed E-state index contributed by atoms with van der Waals surface area (Å²) in [5, 5.41) is 0.613. The van der Waals surface area contributed by atoms with E-state index in [1.54, 1.807) is 30.0 Å². The average Bonchev–Trinajstić information content (AvgIpc) is 2.62. The van der Waals surface area contributed by atoms with E-state index in [1.165, 1.54) is 0 Å². The molecule has 1 amide bonds. The lowest BCUT2D eigenvalue weighted by Crippen LogP contribution is -2.42. The van der Waals surface area contributed by atoms with Crippen LogP contribution in [-0.4, -0.2) is 49.9 Å². The molecule has 5 nitrogen and oxygen atoms in total. The van der Waals surface area contributed by atoms with Crippen molar-refractivity contribution in [1.29, 1.82) is 0 Å². The van der Waals surface area contributed by atoms with E-state index in [1.807, 2.05) is 6.92 Å². The number of hydrogen-bond acceptors (Lipinski definition) is 4. The van der Waals surface area contributed by atoms with Gasteiger partial charge in [-0.1, -0.05) is 11.6 Å². The fraction of sp³-hybridized carbons (Fsp3) is 0.533. The first-order valence-electron chi connectivity index (χ1n) is 7.20. The molecule has 1 saturated heterocycles. The number of nitrogens with zero attached hydrogens (tertiary/aromatic N) is 1. The molecule has 0 radical (unpaired) electrons. The second kappa shape index (κ2) is 6.87. The van der Waals surface area contributed by atoms with Crippen LogP contribution in [0.2, 0.25) is 5.02 Å². The lowest BCUT2D eigenvalue weighted by atomic mass is 10.2. The van der Waals surface area contributed by atoms with Gasteiger partial charge in [0.05, 0.1) is 11.5 Å². The maximum Gasteiger partial charge on any atom is 0.263 e. The van der Waals surface area contributed by atoms with Crippen LogP contribution in [0.25, 0.3) is 0 Å². The molecular formula is C15H20ClNO4S. The summed E-state index contributed by atoms with van der Waals surface area (Å²) in [6.07, 6.45) is -0.193. The maximum atomic E-state index is 12.4. The van der Waals surface area contributed by atoms with E-state index < -0.39 is 15.9 Å². The Labute approximate surface area is 136 Å². The predicted molar refractivity (Wildman–Crippen MR) is 86.1 cm³/mol. The largest absolute Gasteiger partial charge is 0.481 e. The smallest absolute Gasteiger partial charge is 0.263 e. The zero-order valence-corrected chi connectivity index (χ0v) is 14.3. The highest BCUT2D eigenvalue weighted by Crippen LogP contribution is 2.23. The Bertz CT molecular complexity index is 660. The Hall–Kier alpha value is -1.27. The number of hydrogen-bond donors (Lipinski definition) is 0. The van der Waals surface area contributed by atoms with Crippen LogP contribution in [0.5, 0.6) is 5.75 Å². The molecule has 1 fully saturated rings. The van der Waals surface area contributed by atoms with Crippen molar-refractivity contribution in [3.05, 3.63) is 28.8 Å². The lowest BCUT2D eigenvalue weighted by Gasteiger charge is -2.24. The lowest BCUT2D eigenvalue weighted by molar-refractivity contribution is -0.137. The Kier molecular flexibility index (Phi) is 5.34. The molecule has 1 heterocycles. The van der Waals surface area contributed by atoms with E-state index >= 15 is 0 Å². The molecule has 1 aromatic carbocycles. The number of rotatable bonds is 3. The molecule has 1 aliphatic rings. The third-order valence-electron chi connectivity index (χ3n) is 3.66. The van der Waals surface area contributed by atoms with Crippen LogP contribution in [0, 0.1) is 6.92 Å². The van der Waals surface area contributed by atoms with Gasteiger partial charge in [0.15, 0.2) is 15.9 Å². The summed E-state index contributed by atoms with van der Waals surface area (Å²) in [6, 6.07) is 5.21. The standard InChI is InChI=1S/C15H20ClNO4S/c1-11-10-13(16)4-5-14(11)21-12(2)15(18)17-6-3-8-22(19,20)9-7-17/h4-5,10,12H,3,6-9H2,1-2H3/t12-/m1/s1. The van der Waals surface area contributed by atoms with Crippen molar-refractivity contribution >= 4 is 27.3 Å². The number of aryl methyl sites for hydroxylation is 1. The van der Waals surface area contributed by atoms with Gasteiger partial charge in [-0.3, -0.25) is 4.79 Å². The molecule has 0 saturated carbocycles. The maximum absolute atomic E-state index is 12.4. The summed E-state index contributed by atoms with van der Waals surface area (Å²) in [5.41, 5.74) is 0.852.